The molecular formula is C11H19N3S. The highest BCUT2D eigenvalue weighted by Crippen LogP contribution is 2.18. The monoisotopic (exact) mass is 225 g/mol. The fourth-order valence-corrected chi connectivity index (χ4v) is 2.09. The lowest BCUT2D eigenvalue weighted by Gasteiger charge is -2.26. The van der Waals surface area contributed by atoms with Crippen LogP contribution in [0.25, 0.3) is 0 Å². The number of thioether (sulfide) groups is 1. The van der Waals surface area contributed by atoms with Crippen LogP contribution in [-0.2, 0) is 0 Å². The van der Waals surface area contributed by atoms with Crippen LogP contribution < -0.4 is 10.2 Å². The largest absolute Gasteiger partial charge is 0.373 e. The second-order valence-corrected chi connectivity index (χ2v) is 4.48. The first-order chi connectivity index (χ1) is 7.19. The fraction of sp³-hybridized carbons (Fsp3) is 0.545. The Morgan fingerprint density at radius 2 is 2.33 bits per heavy atom. The molecule has 0 bridgehead atoms. The summed E-state index contributed by atoms with van der Waals surface area (Å²) in [6.45, 7) is 2.23. The molecule has 0 spiro atoms. The zero-order valence-corrected chi connectivity index (χ0v) is 10.6. The summed E-state index contributed by atoms with van der Waals surface area (Å²) in [5, 5.41) is 3.05. The maximum Gasteiger partial charge on any atom is 0.127 e. The van der Waals surface area contributed by atoms with Crippen LogP contribution in [0.2, 0.25) is 0 Å². The molecule has 0 aliphatic rings. The van der Waals surface area contributed by atoms with Gasteiger partial charge in [0.05, 0.1) is 0 Å². The van der Waals surface area contributed by atoms with E-state index in [-0.39, 0.29) is 0 Å². The first kappa shape index (κ1) is 12.2. The molecule has 0 saturated heterocycles. The van der Waals surface area contributed by atoms with Crippen LogP contribution in [0.4, 0.5) is 11.5 Å². The Morgan fingerprint density at radius 1 is 1.60 bits per heavy atom. The third kappa shape index (κ3) is 3.30. The van der Waals surface area contributed by atoms with Gasteiger partial charge in [-0.25, -0.2) is 4.98 Å². The van der Waals surface area contributed by atoms with Crippen molar-refractivity contribution >= 4 is 23.3 Å². The van der Waals surface area contributed by atoms with E-state index in [4.69, 9.17) is 0 Å². The summed E-state index contributed by atoms with van der Waals surface area (Å²) in [5.74, 6) is 2.05. The molecule has 1 unspecified atom stereocenters. The van der Waals surface area contributed by atoms with Crippen molar-refractivity contribution in [2.75, 3.05) is 36.3 Å². The predicted octanol–water partition coefficient (Wildman–Crippen LogP) is 2.31. The second kappa shape index (κ2) is 5.85. The number of anilines is 2. The molecular weight excluding hydrogens is 206 g/mol. The van der Waals surface area contributed by atoms with Gasteiger partial charge in [-0.3, -0.25) is 0 Å². The minimum Gasteiger partial charge on any atom is -0.373 e. The van der Waals surface area contributed by atoms with E-state index in [0.29, 0.717) is 6.04 Å². The highest BCUT2D eigenvalue weighted by atomic mass is 32.2. The van der Waals surface area contributed by atoms with Crippen molar-refractivity contribution in [1.29, 1.82) is 0 Å². The molecule has 1 N–H and O–H groups in total. The lowest BCUT2D eigenvalue weighted by Crippen LogP contribution is -2.30. The van der Waals surface area contributed by atoms with Gasteiger partial charge in [0.25, 0.3) is 0 Å². The van der Waals surface area contributed by atoms with Crippen molar-refractivity contribution in [1.82, 2.24) is 4.98 Å². The molecule has 0 amide bonds. The number of nitrogens with one attached hydrogen (secondary N) is 1. The van der Waals surface area contributed by atoms with Gasteiger partial charge in [-0.1, -0.05) is 0 Å². The maximum atomic E-state index is 4.20. The van der Waals surface area contributed by atoms with Crippen molar-refractivity contribution in [2.45, 2.75) is 13.0 Å². The normalized spacial score (nSPS) is 12.3. The molecule has 0 aliphatic carbocycles. The van der Waals surface area contributed by atoms with Crippen molar-refractivity contribution in [2.24, 2.45) is 0 Å². The molecule has 0 aromatic carbocycles. The Morgan fingerprint density at radius 3 is 2.93 bits per heavy atom. The molecule has 1 aromatic rings. The first-order valence-electron chi connectivity index (χ1n) is 5.04. The molecule has 15 heavy (non-hydrogen) atoms. The van der Waals surface area contributed by atoms with Crippen LogP contribution >= 0.6 is 11.8 Å². The van der Waals surface area contributed by atoms with Gasteiger partial charge in [0.15, 0.2) is 0 Å². The minimum absolute atomic E-state index is 0.534. The summed E-state index contributed by atoms with van der Waals surface area (Å²) < 4.78 is 0. The molecule has 0 aliphatic heterocycles. The number of aromatic nitrogens is 1. The molecule has 1 rings (SSSR count). The Labute approximate surface area is 96.3 Å². The topological polar surface area (TPSA) is 28.2 Å². The van der Waals surface area contributed by atoms with Crippen LogP contribution in [0, 0.1) is 0 Å². The van der Waals surface area contributed by atoms with E-state index in [9.17, 15) is 0 Å². The van der Waals surface area contributed by atoms with Crippen LogP contribution in [0.3, 0.4) is 0 Å². The average molecular weight is 225 g/mol. The van der Waals surface area contributed by atoms with E-state index in [1.807, 2.05) is 31.1 Å². The Hall–Kier alpha value is -0.900. The van der Waals surface area contributed by atoms with Gasteiger partial charge in [-0.2, -0.15) is 11.8 Å². The number of pyridine rings is 1. The van der Waals surface area contributed by atoms with E-state index < -0.39 is 0 Å². The lowest BCUT2D eigenvalue weighted by molar-refractivity contribution is 0.765. The first-order valence-corrected chi connectivity index (χ1v) is 6.44. The van der Waals surface area contributed by atoms with E-state index in [1.54, 1.807) is 0 Å². The van der Waals surface area contributed by atoms with E-state index >= 15 is 0 Å². The highest BCUT2D eigenvalue weighted by molar-refractivity contribution is 7.98. The smallest absolute Gasteiger partial charge is 0.127 e. The molecule has 0 radical (unpaired) electrons. The van der Waals surface area contributed by atoms with E-state index in [0.717, 1.165) is 11.6 Å². The maximum absolute atomic E-state index is 4.20. The summed E-state index contributed by atoms with van der Waals surface area (Å²) in [5.41, 5.74) is 1.20. The lowest BCUT2D eigenvalue weighted by atomic mass is 10.3. The van der Waals surface area contributed by atoms with Crippen molar-refractivity contribution < 1.29 is 0 Å². The molecule has 1 heterocycles. The fourth-order valence-electron chi connectivity index (χ4n) is 1.38. The summed E-state index contributed by atoms with van der Waals surface area (Å²) >= 11 is 1.87. The number of rotatable bonds is 5. The number of hydrogen-bond donors (Lipinski definition) is 1. The molecule has 0 fully saturated rings. The molecule has 1 aromatic heterocycles. The predicted molar refractivity (Wildman–Crippen MR) is 70.0 cm³/mol. The third-order valence-electron chi connectivity index (χ3n) is 2.48. The quantitative estimate of drug-likeness (QED) is 0.832. The SMILES string of the molecule is CNc1cc(N(C)C(C)CSC)ccn1. The van der Waals surface area contributed by atoms with Crippen molar-refractivity contribution in [3.63, 3.8) is 0 Å². The van der Waals surface area contributed by atoms with Crippen LogP contribution in [0.5, 0.6) is 0 Å². The summed E-state index contributed by atoms with van der Waals surface area (Å²) in [6, 6.07) is 4.64. The summed E-state index contributed by atoms with van der Waals surface area (Å²) in [4.78, 5) is 6.48. The molecule has 3 nitrogen and oxygen atoms in total. The molecule has 84 valence electrons. The number of hydrogen-bond acceptors (Lipinski definition) is 4. The summed E-state index contributed by atoms with van der Waals surface area (Å²) in [6.07, 6.45) is 3.97. The van der Waals surface area contributed by atoms with Crippen LogP contribution in [0.15, 0.2) is 18.3 Å². The Balaban J connectivity index is 2.76. The van der Waals surface area contributed by atoms with Gasteiger partial charge in [-0.05, 0) is 19.2 Å². The Kier molecular flexibility index (Phi) is 4.75. The molecule has 4 heteroatoms. The minimum atomic E-state index is 0.534. The highest BCUT2D eigenvalue weighted by Gasteiger charge is 2.09. The van der Waals surface area contributed by atoms with Crippen molar-refractivity contribution in [3.05, 3.63) is 18.3 Å². The van der Waals surface area contributed by atoms with Gasteiger partial charge < -0.3 is 10.2 Å². The van der Waals surface area contributed by atoms with Gasteiger partial charge in [0.2, 0.25) is 0 Å². The van der Waals surface area contributed by atoms with Crippen LogP contribution in [-0.4, -0.2) is 37.1 Å². The van der Waals surface area contributed by atoms with Gasteiger partial charge in [0.1, 0.15) is 5.82 Å². The zero-order chi connectivity index (χ0) is 11.3. The zero-order valence-electron chi connectivity index (χ0n) is 9.82. The average Bonchev–Trinajstić information content (AvgIpc) is 2.28. The van der Waals surface area contributed by atoms with Gasteiger partial charge in [0, 0.05) is 43.8 Å². The molecule has 0 saturated carbocycles. The number of nitrogens with zero attached hydrogens (tertiary/aromatic N) is 2. The van der Waals surface area contributed by atoms with E-state index in [2.05, 4.69) is 41.5 Å². The molecule has 1 atom stereocenters. The van der Waals surface area contributed by atoms with Gasteiger partial charge in [-0.15, -0.1) is 0 Å². The van der Waals surface area contributed by atoms with Crippen LogP contribution in [0.1, 0.15) is 6.92 Å². The third-order valence-corrected chi connectivity index (χ3v) is 3.29. The second-order valence-electron chi connectivity index (χ2n) is 3.56. The Bertz CT molecular complexity index is 304. The summed E-state index contributed by atoms with van der Waals surface area (Å²) in [7, 11) is 4.01. The van der Waals surface area contributed by atoms with Gasteiger partial charge >= 0.3 is 0 Å². The van der Waals surface area contributed by atoms with E-state index in [1.165, 1.54) is 5.69 Å². The van der Waals surface area contributed by atoms with Crippen molar-refractivity contribution in [3.8, 4) is 0 Å². The standard InChI is InChI=1S/C11H19N3S/c1-9(8-15-4)14(3)10-5-6-13-11(7-10)12-2/h5-7,9H,8H2,1-4H3,(H,12,13).